The molecule has 0 spiro atoms. The number of hydrogen-bond donors (Lipinski definition) is 0. The summed E-state index contributed by atoms with van der Waals surface area (Å²) in [4.78, 5) is 5.00. The van der Waals surface area contributed by atoms with Gasteiger partial charge in [0, 0.05) is 44.7 Å². The second kappa shape index (κ2) is 18.2. The van der Waals surface area contributed by atoms with E-state index in [1.165, 1.54) is 111 Å². The van der Waals surface area contributed by atoms with Gasteiger partial charge in [0.25, 0.3) is 0 Å². The molecule has 12 aromatic rings. The summed E-state index contributed by atoms with van der Waals surface area (Å²) in [6.07, 6.45) is 0. The highest BCUT2D eigenvalue weighted by molar-refractivity contribution is 5.97. The molecule has 0 heterocycles. The van der Waals surface area contributed by atoms with Crippen molar-refractivity contribution >= 4 is 55.7 Å². The molecule has 0 amide bonds. The van der Waals surface area contributed by atoms with Crippen LogP contribution < -0.4 is 9.80 Å². The zero-order chi connectivity index (χ0) is 52.9. The summed E-state index contributed by atoms with van der Waals surface area (Å²) < 4.78 is 0. The van der Waals surface area contributed by atoms with Gasteiger partial charge in [-0.1, -0.05) is 210 Å². The number of fused-ring (bicyclic) bond motifs is 8. The summed E-state index contributed by atoms with van der Waals surface area (Å²) in [5.41, 5.74) is 26.8. The maximum absolute atomic E-state index is 2.50. The fourth-order valence-corrected chi connectivity index (χ4v) is 13.2. The van der Waals surface area contributed by atoms with Crippen LogP contribution in [0, 0.1) is 13.8 Å². The molecule has 0 N–H and O–H groups in total. The molecule has 78 heavy (non-hydrogen) atoms. The lowest BCUT2D eigenvalue weighted by molar-refractivity contribution is 0.660. The molecule has 14 rings (SSSR count). The first kappa shape index (κ1) is 47.2. The highest BCUT2D eigenvalue weighted by atomic mass is 15.2. The van der Waals surface area contributed by atoms with Crippen molar-refractivity contribution in [2.75, 3.05) is 9.80 Å². The van der Waals surface area contributed by atoms with Crippen molar-refractivity contribution < 1.29 is 0 Å². The summed E-state index contributed by atoms with van der Waals surface area (Å²) in [5.74, 6) is 0. The van der Waals surface area contributed by atoms with E-state index in [2.05, 4.69) is 306 Å². The van der Waals surface area contributed by atoms with Gasteiger partial charge in [-0.2, -0.15) is 0 Å². The highest BCUT2D eigenvalue weighted by Crippen LogP contribution is 2.54. The third-order valence-corrected chi connectivity index (χ3v) is 17.3. The Kier molecular flexibility index (Phi) is 11.0. The minimum atomic E-state index is -0.147. The summed E-state index contributed by atoms with van der Waals surface area (Å²) in [6.45, 7) is 14.0. The summed E-state index contributed by atoms with van der Waals surface area (Å²) in [5, 5.41) is 4.94. The Balaban J connectivity index is 0.891. The lowest BCUT2D eigenvalue weighted by Gasteiger charge is -2.31. The monoisotopic (exact) mass is 1000 g/mol. The molecule has 2 heteroatoms. The van der Waals surface area contributed by atoms with E-state index in [-0.39, 0.29) is 10.8 Å². The zero-order valence-corrected chi connectivity index (χ0v) is 45.1. The number of benzene rings is 12. The van der Waals surface area contributed by atoms with Crippen LogP contribution in [-0.2, 0) is 10.8 Å². The molecule has 2 aliphatic carbocycles. The first-order valence-corrected chi connectivity index (χ1v) is 27.5. The van der Waals surface area contributed by atoms with Crippen LogP contribution in [0.3, 0.4) is 0 Å². The van der Waals surface area contributed by atoms with Crippen LogP contribution in [0.25, 0.3) is 77.2 Å². The van der Waals surface area contributed by atoms with Crippen molar-refractivity contribution in [1.29, 1.82) is 0 Å². The zero-order valence-electron chi connectivity index (χ0n) is 45.1. The van der Waals surface area contributed by atoms with E-state index in [1.807, 2.05) is 0 Å². The maximum atomic E-state index is 2.50. The third-order valence-electron chi connectivity index (χ3n) is 17.3. The van der Waals surface area contributed by atoms with Crippen molar-refractivity contribution in [2.45, 2.75) is 52.4 Å². The molecule has 0 fully saturated rings. The van der Waals surface area contributed by atoms with Crippen molar-refractivity contribution in [3.63, 3.8) is 0 Å². The van der Waals surface area contributed by atoms with Crippen LogP contribution in [0.1, 0.15) is 61.1 Å². The van der Waals surface area contributed by atoms with Crippen molar-refractivity contribution in [3.8, 4) is 55.6 Å². The molecule has 2 aliphatic rings. The van der Waals surface area contributed by atoms with Gasteiger partial charge in [0.05, 0.1) is 11.4 Å². The van der Waals surface area contributed by atoms with Gasteiger partial charge in [0.1, 0.15) is 0 Å². The van der Waals surface area contributed by atoms with Gasteiger partial charge in [-0.25, -0.2) is 0 Å². The molecular formula is C76H60N2. The quantitative estimate of drug-likeness (QED) is 0.142. The number of para-hydroxylation sites is 2. The Bertz CT molecular complexity index is 4100. The molecule has 2 nitrogen and oxygen atoms in total. The number of hydrogen-bond acceptors (Lipinski definition) is 2. The average Bonchev–Trinajstić information content (AvgIpc) is 3.92. The van der Waals surface area contributed by atoms with E-state index >= 15 is 0 Å². The fraction of sp³-hybridized carbons (Fsp3) is 0.105. The molecule has 0 aromatic heterocycles. The minimum absolute atomic E-state index is 0.147. The highest BCUT2D eigenvalue weighted by Gasteiger charge is 2.37. The summed E-state index contributed by atoms with van der Waals surface area (Å²) >= 11 is 0. The van der Waals surface area contributed by atoms with E-state index < -0.39 is 0 Å². The molecule has 0 saturated carbocycles. The minimum Gasteiger partial charge on any atom is -0.310 e. The molecule has 0 bridgehead atoms. The van der Waals surface area contributed by atoms with Gasteiger partial charge in [0.15, 0.2) is 0 Å². The molecule has 0 atom stereocenters. The van der Waals surface area contributed by atoms with Crippen LogP contribution in [0.4, 0.5) is 34.1 Å². The summed E-state index contributed by atoms with van der Waals surface area (Å²) in [6, 6.07) is 95.1. The van der Waals surface area contributed by atoms with E-state index in [4.69, 9.17) is 0 Å². The molecule has 0 unspecified atom stereocenters. The van der Waals surface area contributed by atoms with Gasteiger partial charge >= 0.3 is 0 Å². The van der Waals surface area contributed by atoms with Gasteiger partial charge in [0.2, 0.25) is 0 Å². The Morgan fingerprint density at radius 2 is 0.590 bits per heavy atom. The van der Waals surface area contributed by atoms with Crippen LogP contribution >= 0.6 is 0 Å². The largest absolute Gasteiger partial charge is 0.310 e. The molecular weight excluding hydrogens is 941 g/mol. The number of rotatable bonds is 9. The molecule has 374 valence electrons. The van der Waals surface area contributed by atoms with E-state index in [0.717, 1.165) is 34.1 Å². The Hall–Kier alpha value is -9.24. The van der Waals surface area contributed by atoms with E-state index in [0.29, 0.717) is 0 Å². The SMILES string of the molecule is Cc1cc(-c2ccc(N(c3ccc4c(c3)C(C)(C)c3ccccc3-4)c3ccccc3-c3ccc4ccccc4c3)c(C)c2)ccc1N(c1ccc2c(c1)C(C)(C)c1ccccc1-2)c1ccccc1-c1ccc2ccccc2c1. The first-order chi connectivity index (χ1) is 38.0. The van der Waals surface area contributed by atoms with Crippen molar-refractivity contribution in [1.82, 2.24) is 0 Å². The second-order valence-corrected chi connectivity index (χ2v) is 22.6. The summed E-state index contributed by atoms with van der Waals surface area (Å²) in [7, 11) is 0. The topological polar surface area (TPSA) is 6.48 Å². The smallest absolute Gasteiger partial charge is 0.0540 e. The number of anilines is 6. The third kappa shape index (κ3) is 7.61. The van der Waals surface area contributed by atoms with Crippen LogP contribution in [0.5, 0.6) is 0 Å². The normalized spacial score (nSPS) is 13.5. The van der Waals surface area contributed by atoms with Gasteiger partial charge in [-0.3, -0.25) is 0 Å². The van der Waals surface area contributed by atoms with Gasteiger partial charge in [-0.15, -0.1) is 0 Å². The number of nitrogens with zero attached hydrogens (tertiary/aromatic N) is 2. The lowest BCUT2D eigenvalue weighted by Crippen LogP contribution is -2.17. The fourth-order valence-electron chi connectivity index (χ4n) is 13.2. The molecule has 0 aliphatic heterocycles. The average molecular weight is 1000 g/mol. The molecule has 0 radical (unpaired) electrons. The number of aryl methyl sites for hydroxylation is 2. The maximum Gasteiger partial charge on any atom is 0.0540 e. The van der Waals surface area contributed by atoms with Crippen molar-refractivity contribution in [3.05, 3.63) is 288 Å². The van der Waals surface area contributed by atoms with Crippen molar-refractivity contribution in [2.24, 2.45) is 0 Å². The predicted octanol–water partition coefficient (Wildman–Crippen LogP) is 21.2. The molecule has 12 aromatic carbocycles. The van der Waals surface area contributed by atoms with Gasteiger partial charge < -0.3 is 9.80 Å². The standard InChI is InChI=1S/C76H60N2/c1-49-43-55(35-41-71(49)77(59-37-39-65-63-25-11-15-27-67(63)75(3,4)69(65)47-59)73-29-17-13-23-61(73)57-33-31-51-19-7-9-21-53(51)45-57)56-36-42-72(50(2)44-56)78(60-38-40-66-64-26-12-16-28-68(64)76(5,6)70(66)48-60)74-30-18-14-24-62(74)58-34-32-52-20-8-10-22-54(52)46-58/h7-48H,1-6H3. The lowest BCUT2D eigenvalue weighted by atomic mass is 9.82. The first-order valence-electron chi connectivity index (χ1n) is 27.5. The van der Waals surface area contributed by atoms with Crippen LogP contribution in [-0.4, -0.2) is 0 Å². The van der Waals surface area contributed by atoms with E-state index in [9.17, 15) is 0 Å². The van der Waals surface area contributed by atoms with Crippen LogP contribution in [0.15, 0.2) is 255 Å². The Morgan fingerprint density at radius 1 is 0.244 bits per heavy atom. The molecule has 0 saturated heterocycles. The predicted molar refractivity (Wildman–Crippen MR) is 332 cm³/mol. The second-order valence-electron chi connectivity index (χ2n) is 22.6. The Morgan fingerprint density at radius 3 is 1.01 bits per heavy atom. The van der Waals surface area contributed by atoms with E-state index in [1.54, 1.807) is 0 Å². The van der Waals surface area contributed by atoms with Gasteiger partial charge in [-0.05, 0) is 186 Å². The Labute approximate surface area is 459 Å². The van der Waals surface area contributed by atoms with Crippen LogP contribution in [0.2, 0.25) is 0 Å².